The first-order valence-electron chi connectivity index (χ1n) is 15.5. The van der Waals surface area contributed by atoms with Crippen LogP contribution in [0.3, 0.4) is 0 Å². The number of carbonyl (C=O) groups is 1. The maximum atomic E-state index is 13.0. The van der Waals surface area contributed by atoms with E-state index in [1.165, 1.54) is 6.20 Å². The molecule has 0 saturated carbocycles. The van der Waals surface area contributed by atoms with E-state index in [2.05, 4.69) is 20.3 Å². The highest BCUT2D eigenvalue weighted by Crippen LogP contribution is 2.39. The van der Waals surface area contributed by atoms with Gasteiger partial charge in [0.1, 0.15) is 10.8 Å². The number of imidazole rings is 1. The van der Waals surface area contributed by atoms with Crippen LogP contribution < -0.4 is 5.32 Å². The number of benzene rings is 4. The number of aromatic nitrogens is 4. The minimum atomic E-state index is -0.643. The number of fused-ring (bicyclic) bond motifs is 1. The Morgan fingerprint density at radius 3 is 2.35 bits per heavy atom. The number of halogens is 2. The van der Waals surface area contributed by atoms with Crippen LogP contribution in [-0.4, -0.2) is 36.6 Å². The fraction of sp³-hybridized carbons (Fsp3) is 0.189. The van der Waals surface area contributed by atoms with E-state index in [4.69, 9.17) is 32.7 Å². The van der Waals surface area contributed by atoms with Crippen molar-refractivity contribution in [2.45, 2.75) is 44.6 Å². The Balaban J connectivity index is 1.09. The monoisotopic (exact) mass is 679 g/mol. The number of aliphatic hydroxyl groups excluding tert-OH is 1. The number of hydrogen-bond donors (Lipinski definition) is 2. The second-order valence-corrected chi connectivity index (χ2v) is 12.3. The molecular formula is C37H31Cl2N5O4. The number of nitrogens with zero attached hydrogens (tertiary/aromatic N) is 4. The van der Waals surface area contributed by atoms with E-state index >= 15 is 0 Å². The van der Waals surface area contributed by atoms with Crippen molar-refractivity contribution in [2.75, 3.05) is 0 Å². The van der Waals surface area contributed by atoms with Crippen molar-refractivity contribution in [1.82, 2.24) is 24.8 Å². The molecule has 1 aliphatic heterocycles. The highest BCUT2D eigenvalue weighted by molar-refractivity contribution is 6.40. The molecular weight excluding hydrogens is 649 g/mol. The lowest BCUT2D eigenvalue weighted by atomic mass is 9.97. The van der Waals surface area contributed by atoms with E-state index in [1.54, 1.807) is 10.9 Å². The standard InChI is InChI=1S/C37H31Cl2N5O4/c38-34-35(39)44(22-42-34)20-28-17-33(25-11-9-23(21-45)10-12-25)48-37(47-28)26-15-13-24(14-16-26)29-6-2-1-5-27(29)18-41-36(46)32-19-40-30-7-3-4-8-31(30)43-32/h1-16,19,22,28,33,37,45H,17-18,20-21H2,(H,41,46)/t28-,33+,37+/m0/s1. The Bertz CT molecular complexity index is 2050. The van der Waals surface area contributed by atoms with Crippen molar-refractivity contribution in [3.05, 3.63) is 148 Å². The van der Waals surface area contributed by atoms with Crippen LogP contribution in [0.2, 0.25) is 10.3 Å². The van der Waals surface area contributed by atoms with Crippen molar-refractivity contribution in [3.63, 3.8) is 0 Å². The average molecular weight is 681 g/mol. The second-order valence-electron chi connectivity index (χ2n) is 11.5. The molecule has 7 rings (SSSR count). The molecule has 1 saturated heterocycles. The molecule has 0 radical (unpaired) electrons. The van der Waals surface area contributed by atoms with Gasteiger partial charge in [-0.05, 0) is 39.9 Å². The van der Waals surface area contributed by atoms with Crippen LogP contribution in [0.15, 0.2) is 110 Å². The average Bonchev–Trinajstić information content (AvgIpc) is 3.45. The summed E-state index contributed by atoms with van der Waals surface area (Å²) in [5, 5.41) is 13.1. The number of hydrogen-bond acceptors (Lipinski definition) is 7. The third-order valence-electron chi connectivity index (χ3n) is 8.38. The fourth-order valence-corrected chi connectivity index (χ4v) is 6.14. The molecule has 2 aromatic heterocycles. The summed E-state index contributed by atoms with van der Waals surface area (Å²) < 4.78 is 14.8. The molecule has 3 atom stereocenters. The largest absolute Gasteiger partial charge is 0.392 e. The lowest BCUT2D eigenvalue weighted by Gasteiger charge is -2.36. The van der Waals surface area contributed by atoms with Gasteiger partial charge in [-0.15, -0.1) is 0 Å². The molecule has 48 heavy (non-hydrogen) atoms. The first-order valence-corrected chi connectivity index (χ1v) is 16.3. The third kappa shape index (κ3) is 6.96. The van der Waals surface area contributed by atoms with Gasteiger partial charge in [0, 0.05) is 18.5 Å². The molecule has 0 aliphatic carbocycles. The molecule has 6 aromatic rings. The quantitative estimate of drug-likeness (QED) is 0.163. The van der Waals surface area contributed by atoms with E-state index in [0.717, 1.165) is 38.9 Å². The van der Waals surface area contributed by atoms with Crippen LogP contribution in [0.4, 0.5) is 0 Å². The summed E-state index contributed by atoms with van der Waals surface area (Å²) in [5.74, 6) is -0.292. The van der Waals surface area contributed by atoms with E-state index in [0.29, 0.717) is 30.2 Å². The Kier molecular flexibility index (Phi) is 9.47. The number of ether oxygens (including phenoxy) is 2. The summed E-state index contributed by atoms with van der Waals surface area (Å²) >= 11 is 12.5. The zero-order chi connectivity index (χ0) is 33.0. The van der Waals surface area contributed by atoms with Crippen LogP contribution in [-0.2, 0) is 29.2 Å². The lowest BCUT2D eigenvalue weighted by Crippen LogP contribution is -2.32. The van der Waals surface area contributed by atoms with Crippen molar-refractivity contribution in [3.8, 4) is 11.1 Å². The second kappa shape index (κ2) is 14.2. The van der Waals surface area contributed by atoms with Crippen molar-refractivity contribution in [1.29, 1.82) is 0 Å². The molecule has 0 unspecified atom stereocenters. The first-order chi connectivity index (χ1) is 23.4. The van der Waals surface area contributed by atoms with Gasteiger partial charge in [-0.3, -0.25) is 9.78 Å². The molecule has 242 valence electrons. The Hall–Kier alpha value is -4.64. The van der Waals surface area contributed by atoms with Crippen LogP contribution in [0.1, 0.15) is 51.6 Å². The highest BCUT2D eigenvalue weighted by Gasteiger charge is 2.33. The van der Waals surface area contributed by atoms with Gasteiger partial charge in [0.05, 0.1) is 48.9 Å². The van der Waals surface area contributed by atoms with E-state index < -0.39 is 6.29 Å². The summed E-state index contributed by atoms with van der Waals surface area (Å²) in [4.78, 5) is 25.9. The number of rotatable bonds is 9. The maximum absolute atomic E-state index is 13.0. The van der Waals surface area contributed by atoms with Crippen molar-refractivity contribution in [2.24, 2.45) is 0 Å². The molecule has 2 N–H and O–H groups in total. The fourth-order valence-electron chi connectivity index (χ4n) is 5.83. The number of amides is 1. The molecule has 0 spiro atoms. The Labute approximate surface area is 287 Å². The number of para-hydroxylation sites is 2. The maximum Gasteiger partial charge on any atom is 0.271 e. The van der Waals surface area contributed by atoms with E-state index in [1.807, 2.05) is 97.1 Å². The predicted molar refractivity (Wildman–Crippen MR) is 183 cm³/mol. The summed E-state index contributed by atoms with van der Waals surface area (Å²) in [6.45, 7) is 0.742. The molecule has 1 fully saturated rings. The van der Waals surface area contributed by atoms with Gasteiger partial charge in [0.2, 0.25) is 0 Å². The Morgan fingerprint density at radius 2 is 1.60 bits per heavy atom. The van der Waals surface area contributed by atoms with Gasteiger partial charge < -0.3 is 24.5 Å². The number of carbonyl (C=O) groups excluding carboxylic acids is 1. The molecule has 3 heterocycles. The number of aliphatic hydroxyl groups is 1. The summed E-state index contributed by atoms with van der Waals surface area (Å²) in [7, 11) is 0. The van der Waals surface area contributed by atoms with Gasteiger partial charge in [-0.1, -0.05) is 108 Å². The summed E-state index contributed by atoms with van der Waals surface area (Å²) in [5.41, 5.74) is 7.28. The number of nitrogens with one attached hydrogen (secondary N) is 1. The van der Waals surface area contributed by atoms with Crippen molar-refractivity contribution >= 4 is 40.1 Å². The Morgan fingerprint density at radius 1 is 0.875 bits per heavy atom. The van der Waals surface area contributed by atoms with Gasteiger partial charge in [0.15, 0.2) is 11.4 Å². The topological polar surface area (TPSA) is 111 Å². The van der Waals surface area contributed by atoms with Crippen LogP contribution in [0.25, 0.3) is 22.2 Å². The van der Waals surface area contributed by atoms with E-state index in [-0.39, 0.29) is 35.6 Å². The zero-order valence-corrected chi connectivity index (χ0v) is 27.2. The SMILES string of the molecule is O=C(NCc1ccccc1-c1ccc([C@@H]2O[C@H](Cn3cnc(Cl)c3Cl)C[C@H](c3ccc(CO)cc3)O2)cc1)c1cnc2ccccc2n1. The van der Waals surface area contributed by atoms with Gasteiger partial charge in [-0.25, -0.2) is 9.97 Å². The molecule has 1 amide bonds. The normalized spacial score (nSPS) is 17.8. The van der Waals surface area contributed by atoms with Gasteiger partial charge in [-0.2, -0.15) is 0 Å². The summed E-state index contributed by atoms with van der Waals surface area (Å²) in [6.07, 6.45) is 2.55. The first kappa shape index (κ1) is 31.9. The molecule has 0 bridgehead atoms. The van der Waals surface area contributed by atoms with Gasteiger partial charge in [0.25, 0.3) is 5.91 Å². The van der Waals surface area contributed by atoms with Crippen molar-refractivity contribution < 1.29 is 19.4 Å². The van der Waals surface area contributed by atoms with Crippen LogP contribution >= 0.6 is 23.2 Å². The molecule has 1 aliphatic rings. The third-order valence-corrected chi connectivity index (χ3v) is 9.15. The molecule has 11 heteroatoms. The summed E-state index contributed by atoms with van der Waals surface area (Å²) in [6, 6.07) is 31.2. The highest BCUT2D eigenvalue weighted by atomic mass is 35.5. The lowest BCUT2D eigenvalue weighted by molar-refractivity contribution is -0.252. The minimum Gasteiger partial charge on any atom is -0.392 e. The van der Waals surface area contributed by atoms with Crippen LogP contribution in [0, 0.1) is 0 Å². The zero-order valence-electron chi connectivity index (χ0n) is 25.7. The molecule has 9 nitrogen and oxygen atoms in total. The minimum absolute atomic E-state index is 0.0267. The smallest absolute Gasteiger partial charge is 0.271 e. The van der Waals surface area contributed by atoms with Crippen LogP contribution in [0.5, 0.6) is 0 Å². The van der Waals surface area contributed by atoms with E-state index in [9.17, 15) is 9.90 Å². The predicted octanol–water partition coefficient (Wildman–Crippen LogP) is 7.47. The van der Waals surface area contributed by atoms with Gasteiger partial charge >= 0.3 is 0 Å². The molecule has 4 aromatic carbocycles.